The molecule has 0 radical (unpaired) electrons. The van der Waals surface area contributed by atoms with E-state index in [1.165, 1.54) is 13.8 Å². The normalized spacial score (nSPS) is 33.4. The molecule has 0 aromatic heterocycles. The maximum atomic E-state index is 12.4. The predicted octanol–water partition coefficient (Wildman–Crippen LogP) is -0.368. The van der Waals surface area contributed by atoms with Crippen molar-refractivity contribution in [3.05, 3.63) is 12.2 Å². The van der Waals surface area contributed by atoms with Crippen LogP contribution in [-0.2, 0) is 38.2 Å². The van der Waals surface area contributed by atoms with Crippen LogP contribution in [0.2, 0.25) is 0 Å². The molecule has 5 unspecified atom stereocenters. The summed E-state index contributed by atoms with van der Waals surface area (Å²) in [5.74, 6) is -4.07. The number of fused-ring (bicyclic) bond motifs is 1. The van der Waals surface area contributed by atoms with Gasteiger partial charge in [-0.15, -0.1) is 0 Å². The number of hydrogen-bond donors (Lipinski definition) is 1. The van der Waals surface area contributed by atoms with Crippen LogP contribution in [0.1, 0.15) is 26.7 Å². The zero-order chi connectivity index (χ0) is 19.2. The summed E-state index contributed by atoms with van der Waals surface area (Å²) in [6, 6.07) is 0. The third-order valence-electron chi connectivity index (χ3n) is 5.20. The van der Waals surface area contributed by atoms with E-state index in [0.717, 1.165) is 0 Å². The van der Waals surface area contributed by atoms with Crippen LogP contribution in [0.15, 0.2) is 12.2 Å². The summed E-state index contributed by atoms with van der Waals surface area (Å²) >= 11 is 0. The zero-order valence-electron chi connectivity index (χ0n) is 14.4. The maximum Gasteiger partial charge on any atom is 0.344 e. The van der Waals surface area contributed by atoms with Crippen molar-refractivity contribution in [1.82, 2.24) is 5.32 Å². The van der Waals surface area contributed by atoms with Crippen molar-refractivity contribution in [2.45, 2.75) is 38.9 Å². The topological polar surface area (TPSA) is 125 Å². The van der Waals surface area contributed by atoms with Crippen molar-refractivity contribution in [3.63, 3.8) is 0 Å². The molecule has 9 nitrogen and oxygen atoms in total. The number of imide groups is 1. The standard InChI is InChI=1S/C17H19NO8/c1-7(2)14(21)24-6-11(20)25-12-9-4-10-13(12)26-16(23)17(10,5-9)15(22)18-8(3)19/h9-10,12-13H,1,4-6H2,2-3H3,(H,18,19,22). The predicted molar refractivity (Wildman–Crippen MR) is 83.0 cm³/mol. The fraction of sp³-hybridized carbons (Fsp3) is 0.588. The van der Waals surface area contributed by atoms with Gasteiger partial charge in [0.15, 0.2) is 12.0 Å². The number of hydrogen-bond acceptors (Lipinski definition) is 8. The van der Waals surface area contributed by atoms with Gasteiger partial charge in [-0.3, -0.25) is 19.7 Å². The van der Waals surface area contributed by atoms with Gasteiger partial charge in [0, 0.05) is 24.3 Å². The average Bonchev–Trinajstić information content (AvgIpc) is 3.14. The Kier molecular flexibility index (Phi) is 4.33. The Morgan fingerprint density at radius 2 is 2.00 bits per heavy atom. The van der Waals surface area contributed by atoms with Crippen molar-refractivity contribution in [2.75, 3.05) is 6.61 Å². The molecule has 0 aromatic rings. The van der Waals surface area contributed by atoms with E-state index in [9.17, 15) is 24.0 Å². The molecule has 3 fully saturated rings. The molecule has 9 heteroatoms. The van der Waals surface area contributed by atoms with Crippen LogP contribution in [0.4, 0.5) is 0 Å². The van der Waals surface area contributed by atoms with Crippen molar-refractivity contribution in [3.8, 4) is 0 Å². The molecule has 2 saturated carbocycles. The van der Waals surface area contributed by atoms with E-state index in [-0.39, 0.29) is 17.9 Å². The minimum atomic E-state index is -1.39. The second kappa shape index (κ2) is 6.22. The molecule has 0 aromatic carbocycles. The third-order valence-corrected chi connectivity index (χ3v) is 5.20. The number of amides is 2. The zero-order valence-corrected chi connectivity index (χ0v) is 14.4. The molecule has 3 aliphatic rings. The fourth-order valence-corrected chi connectivity index (χ4v) is 4.17. The minimum Gasteiger partial charge on any atom is -0.457 e. The summed E-state index contributed by atoms with van der Waals surface area (Å²) in [6.45, 7) is 5.47. The number of nitrogens with one attached hydrogen (secondary N) is 1. The Morgan fingerprint density at radius 3 is 2.62 bits per heavy atom. The highest BCUT2D eigenvalue weighted by atomic mass is 16.6. The van der Waals surface area contributed by atoms with Crippen molar-refractivity contribution >= 4 is 29.7 Å². The van der Waals surface area contributed by atoms with E-state index in [2.05, 4.69) is 11.9 Å². The van der Waals surface area contributed by atoms with Gasteiger partial charge in [0.25, 0.3) is 0 Å². The molecule has 1 N–H and O–H groups in total. The number of carbonyl (C=O) groups excluding carboxylic acids is 5. The summed E-state index contributed by atoms with van der Waals surface area (Å²) in [5, 5.41) is 2.17. The van der Waals surface area contributed by atoms with Crippen LogP contribution in [0.25, 0.3) is 0 Å². The molecular formula is C17H19NO8. The SMILES string of the molecule is C=C(C)C(=O)OCC(=O)OC1C2CC3C1OC(=O)C3(C(=O)NC(C)=O)C2. The summed E-state index contributed by atoms with van der Waals surface area (Å²) in [6.07, 6.45) is -0.804. The molecule has 5 atom stereocenters. The van der Waals surface area contributed by atoms with E-state index < -0.39 is 59.9 Å². The lowest BCUT2D eigenvalue weighted by atomic mass is 9.72. The monoisotopic (exact) mass is 365 g/mol. The summed E-state index contributed by atoms with van der Waals surface area (Å²) in [5.41, 5.74) is -1.24. The Bertz CT molecular complexity index is 728. The lowest BCUT2D eigenvalue weighted by Crippen LogP contribution is -2.50. The molecule has 1 heterocycles. The number of esters is 3. The Balaban J connectivity index is 1.66. The van der Waals surface area contributed by atoms with Crippen molar-refractivity contribution in [2.24, 2.45) is 17.3 Å². The van der Waals surface area contributed by atoms with Gasteiger partial charge in [0.05, 0.1) is 0 Å². The molecule has 26 heavy (non-hydrogen) atoms. The van der Waals surface area contributed by atoms with Gasteiger partial charge in [0.2, 0.25) is 11.8 Å². The van der Waals surface area contributed by atoms with E-state index >= 15 is 0 Å². The number of carbonyl (C=O) groups is 5. The van der Waals surface area contributed by atoms with Gasteiger partial charge < -0.3 is 14.2 Å². The lowest BCUT2D eigenvalue weighted by molar-refractivity contribution is -0.168. The molecule has 2 aliphatic carbocycles. The first-order valence-corrected chi connectivity index (χ1v) is 8.22. The second-order valence-corrected chi connectivity index (χ2v) is 6.97. The van der Waals surface area contributed by atoms with Crippen molar-refractivity contribution in [1.29, 1.82) is 0 Å². The molecule has 140 valence electrons. The molecule has 1 saturated heterocycles. The highest BCUT2D eigenvalue weighted by Gasteiger charge is 2.74. The van der Waals surface area contributed by atoms with E-state index in [0.29, 0.717) is 6.42 Å². The van der Waals surface area contributed by atoms with Crippen molar-refractivity contribution < 1.29 is 38.2 Å². The quantitative estimate of drug-likeness (QED) is 0.303. The third kappa shape index (κ3) is 2.67. The molecule has 0 spiro atoms. The number of ether oxygens (including phenoxy) is 3. The van der Waals surface area contributed by atoms with Gasteiger partial charge in [0.1, 0.15) is 12.2 Å². The fourth-order valence-electron chi connectivity index (χ4n) is 4.17. The molecule has 3 rings (SSSR count). The van der Waals surface area contributed by atoms with E-state index in [1.54, 1.807) is 0 Å². The second-order valence-electron chi connectivity index (χ2n) is 6.97. The molecule has 1 aliphatic heterocycles. The highest BCUT2D eigenvalue weighted by Crippen LogP contribution is 2.62. The summed E-state index contributed by atoms with van der Waals surface area (Å²) < 4.78 is 15.4. The maximum absolute atomic E-state index is 12.4. The van der Waals surface area contributed by atoms with Gasteiger partial charge in [-0.05, 0) is 19.8 Å². The molecular weight excluding hydrogens is 346 g/mol. The first-order valence-electron chi connectivity index (χ1n) is 8.22. The molecule has 2 amide bonds. The summed E-state index contributed by atoms with van der Waals surface area (Å²) in [7, 11) is 0. The van der Waals surface area contributed by atoms with Gasteiger partial charge in [-0.1, -0.05) is 6.58 Å². The number of rotatable bonds is 5. The van der Waals surface area contributed by atoms with Crippen LogP contribution in [0, 0.1) is 17.3 Å². The van der Waals surface area contributed by atoms with Crippen LogP contribution >= 0.6 is 0 Å². The van der Waals surface area contributed by atoms with Crippen LogP contribution in [0.3, 0.4) is 0 Å². The van der Waals surface area contributed by atoms with Gasteiger partial charge in [-0.2, -0.15) is 0 Å². The molecule has 2 bridgehead atoms. The first-order chi connectivity index (χ1) is 12.2. The van der Waals surface area contributed by atoms with Gasteiger partial charge in [-0.25, -0.2) is 9.59 Å². The van der Waals surface area contributed by atoms with Crippen LogP contribution in [0.5, 0.6) is 0 Å². The largest absolute Gasteiger partial charge is 0.457 e. The summed E-state index contributed by atoms with van der Waals surface area (Å²) in [4.78, 5) is 59.2. The smallest absolute Gasteiger partial charge is 0.344 e. The first kappa shape index (κ1) is 18.1. The van der Waals surface area contributed by atoms with Gasteiger partial charge >= 0.3 is 17.9 Å². The van der Waals surface area contributed by atoms with E-state index in [4.69, 9.17) is 14.2 Å². The van der Waals surface area contributed by atoms with Crippen LogP contribution < -0.4 is 5.32 Å². The highest BCUT2D eigenvalue weighted by molar-refractivity contribution is 6.10. The average molecular weight is 365 g/mol. The van der Waals surface area contributed by atoms with E-state index in [1.807, 2.05) is 0 Å². The lowest BCUT2D eigenvalue weighted by Gasteiger charge is -2.30. The Hall–Kier alpha value is -2.71. The van der Waals surface area contributed by atoms with Crippen LogP contribution in [-0.4, -0.2) is 48.5 Å². The Morgan fingerprint density at radius 1 is 1.31 bits per heavy atom. The minimum absolute atomic E-state index is 0.148. The Labute approximate surface area is 149 Å².